The molecule has 0 bridgehead atoms. The molecule has 1 aliphatic heterocycles. The van der Waals surface area contributed by atoms with Crippen molar-refractivity contribution in [1.82, 2.24) is 4.90 Å². The predicted molar refractivity (Wildman–Crippen MR) is 115 cm³/mol. The Bertz CT molecular complexity index is 744. The summed E-state index contributed by atoms with van der Waals surface area (Å²) in [5.74, 6) is 1.25. The maximum Gasteiger partial charge on any atom is 0.410 e. The average molecular weight is 418 g/mol. The lowest BCUT2D eigenvalue weighted by atomic mass is 9.56. The number of benzene rings is 1. The lowest BCUT2D eigenvalue weighted by Gasteiger charge is -2.52. The second kappa shape index (κ2) is 9.71. The van der Waals surface area contributed by atoms with Crippen LogP contribution in [0.3, 0.4) is 0 Å². The van der Waals surface area contributed by atoms with Gasteiger partial charge in [0.15, 0.2) is 0 Å². The fourth-order valence-corrected chi connectivity index (χ4v) is 4.84. The van der Waals surface area contributed by atoms with Crippen LogP contribution < -0.4 is 4.74 Å². The Morgan fingerprint density at radius 2 is 1.90 bits per heavy atom. The van der Waals surface area contributed by atoms with Gasteiger partial charge in [-0.05, 0) is 94.4 Å². The number of methoxy groups -OCH3 is 1. The van der Waals surface area contributed by atoms with Crippen molar-refractivity contribution in [3.05, 3.63) is 29.3 Å². The van der Waals surface area contributed by atoms with Gasteiger partial charge >= 0.3 is 12.1 Å². The van der Waals surface area contributed by atoms with Crippen LogP contribution in [0.25, 0.3) is 0 Å². The summed E-state index contributed by atoms with van der Waals surface area (Å²) in [7, 11) is 1.39. The number of likely N-dealkylation sites (tertiary alicyclic amines) is 1. The molecule has 3 rings (SSSR count). The summed E-state index contributed by atoms with van der Waals surface area (Å²) >= 11 is 0. The summed E-state index contributed by atoms with van der Waals surface area (Å²) < 4.78 is 16.0. The Hall–Kier alpha value is -2.24. The molecule has 0 atom stereocenters. The van der Waals surface area contributed by atoms with E-state index < -0.39 is 0 Å². The maximum absolute atomic E-state index is 12.0. The van der Waals surface area contributed by atoms with Crippen molar-refractivity contribution in [1.29, 1.82) is 0 Å². The van der Waals surface area contributed by atoms with E-state index in [-0.39, 0.29) is 18.2 Å². The average Bonchev–Trinajstić information content (AvgIpc) is 2.69. The molecule has 2 aliphatic rings. The van der Waals surface area contributed by atoms with Crippen LogP contribution in [0.1, 0.15) is 68.3 Å². The van der Waals surface area contributed by atoms with Crippen molar-refractivity contribution >= 4 is 12.1 Å². The summed E-state index contributed by atoms with van der Waals surface area (Å²) in [6.07, 6.45) is 6.73. The van der Waals surface area contributed by atoms with E-state index in [0.717, 1.165) is 49.6 Å². The van der Waals surface area contributed by atoms with Gasteiger partial charge in [-0.1, -0.05) is 0 Å². The Morgan fingerprint density at radius 1 is 1.20 bits per heavy atom. The van der Waals surface area contributed by atoms with E-state index in [2.05, 4.69) is 0 Å². The highest BCUT2D eigenvalue weighted by atomic mass is 16.6. The smallest absolute Gasteiger partial charge is 0.410 e. The van der Waals surface area contributed by atoms with E-state index in [1.54, 1.807) is 6.07 Å². The van der Waals surface area contributed by atoms with Crippen LogP contribution in [0.5, 0.6) is 5.75 Å². The number of amides is 1. The Kier molecular flexibility index (Phi) is 7.27. The van der Waals surface area contributed by atoms with Gasteiger partial charge < -0.3 is 19.1 Å². The number of rotatable bonds is 7. The molecule has 166 valence electrons. The van der Waals surface area contributed by atoms with Gasteiger partial charge in [-0.2, -0.15) is 0 Å². The SMILES string of the molecule is COC(=O)c1ccc(OCCCC2CC3(CCN(C(=O)OC(C)C)CC3)C2)cc1C. The molecule has 1 aromatic carbocycles. The minimum atomic E-state index is -0.319. The van der Waals surface area contributed by atoms with Gasteiger partial charge in [0.1, 0.15) is 5.75 Å². The van der Waals surface area contributed by atoms with Crippen molar-refractivity contribution in [2.75, 3.05) is 26.8 Å². The van der Waals surface area contributed by atoms with Gasteiger partial charge in [0.2, 0.25) is 0 Å². The molecule has 6 nitrogen and oxygen atoms in total. The van der Waals surface area contributed by atoms with E-state index in [4.69, 9.17) is 14.2 Å². The molecular formula is C24H35NO5. The van der Waals surface area contributed by atoms with Crippen LogP contribution in [0.15, 0.2) is 18.2 Å². The number of ether oxygens (including phenoxy) is 3. The van der Waals surface area contributed by atoms with Crippen LogP contribution in [0, 0.1) is 18.3 Å². The molecular weight excluding hydrogens is 382 g/mol. The molecule has 1 heterocycles. The highest BCUT2D eigenvalue weighted by Crippen LogP contribution is 2.54. The summed E-state index contributed by atoms with van der Waals surface area (Å²) in [5, 5.41) is 0. The normalized spacial score (nSPS) is 18.2. The zero-order valence-electron chi connectivity index (χ0n) is 18.7. The van der Waals surface area contributed by atoms with E-state index in [1.165, 1.54) is 26.4 Å². The number of nitrogens with zero attached hydrogens (tertiary/aromatic N) is 1. The fourth-order valence-electron chi connectivity index (χ4n) is 4.84. The molecule has 6 heteroatoms. The van der Waals surface area contributed by atoms with Gasteiger partial charge in [0, 0.05) is 13.1 Å². The first-order chi connectivity index (χ1) is 14.3. The highest BCUT2D eigenvalue weighted by molar-refractivity contribution is 5.91. The van der Waals surface area contributed by atoms with Crippen molar-refractivity contribution in [3.8, 4) is 5.75 Å². The monoisotopic (exact) mass is 417 g/mol. The van der Waals surface area contributed by atoms with Crippen LogP contribution >= 0.6 is 0 Å². The van der Waals surface area contributed by atoms with Crippen LogP contribution in [0.4, 0.5) is 4.79 Å². The summed E-state index contributed by atoms with van der Waals surface area (Å²) in [4.78, 5) is 25.6. The van der Waals surface area contributed by atoms with Gasteiger partial charge in [-0.3, -0.25) is 0 Å². The quantitative estimate of drug-likeness (QED) is 0.462. The maximum atomic E-state index is 12.0. The second-order valence-electron chi connectivity index (χ2n) is 9.15. The second-order valence-corrected chi connectivity index (χ2v) is 9.15. The zero-order valence-corrected chi connectivity index (χ0v) is 18.7. The van der Waals surface area contributed by atoms with Crippen LogP contribution in [-0.2, 0) is 9.47 Å². The third kappa shape index (κ3) is 5.46. The van der Waals surface area contributed by atoms with E-state index in [0.29, 0.717) is 17.6 Å². The standard InChI is InChI=1S/C24H35NO5/c1-17(2)30-23(27)25-11-9-24(10-12-25)15-19(16-24)6-5-13-29-20-7-8-21(18(3)14-20)22(26)28-4/h7-8,14,17,19H,5-6,9-13,15-16H2,1-4H3. The Balaban J connectivity index is 1.33. The first-order valence-electron chi connectivity index (χ1n) is 11.1. The van der Waals surface area contributed by atoms with Crippen molar-refractivity contribution in [2.24, 2.45) is 11.3 Å². The first-order valence-corrected chi connectivity index (χ1v) is 11.1. The molecule has 1 spiro atoms. The number of carbonyl (C=O) groups excluding carboxylic acids is 2. The Labute approximate surface area is 179 Å². The number of hydrogen-bond donors (Lipinski definition) is 0. The van der Waals surface area contributed by atoms with Crippen molar-refractivity contribution in [3.63, 3.8) is 0 Å². The lowest BCUT2D eigenvalue weighted by molar-refractivity contribution is -0.0203. The van der Waals surface area contributed by atoms with Crippen LogP contribution in [-0.4, -0.2) is 49.9 Å². The van der Waals surface area contributed by atoms with E-state index >= 15 is 0 Å². The molecule has 1 aromatic rings. The van der Waals surface area contributed by atoms with E-state index in [1.807, 2.05) is 37.8 Å². The lowest BCUT2D eigenvalue weighted by Crippen LogP contribution is -2.49. The number of aryl methyl sites for hydroxylation is 1. The van der Waals surface area contributed by atoms with Gasteiger partial charge in [0.25, 0.3) is 0 Å². The summed E-state index contributed by atoms with van der Waals surface area (Å²) in [6.45, 7) is 8.00. The molecule has 1 saturated carbocycles. The molecule has 1 amide bonds. The van der Waals surface area contributed by atoms with Gasteiger partial charge in [-0.15, -0.1) is 0 Å². The number of esters is 1. The molecule has 30 heavy (non-hydrogen) atoms. The van der Waals surface area contributed by atoms with Gasteiger partial charge in [-0.25, -0.2) is 9.59 Å². The summed E-state index contributed by atoms with van der Waals surface area (Å²) in [6, 6.07) is 5.48. The Morgan fingerprint density at radius 3 is 2.50 bits per heavy atom. The highest BCUT2D eigenvalue weighted by Gasteiger charge is 2.46. The molecule has 2 fully saturated rings. The molecule has 0 N–H and O–H groups in total. The largest absolute Gasteiger partial charge is 0.494 e. The number of carbonyl (C=O) groups is 2. The molecule has 0 aromatic heterocycles. The predicted octanol–water partition coefficient (Wildman–Crippen LogP) is 4.98. The van der Waals surface area contributed by atoms with E-state index in [9.17, 15) is 9.59 Å². The molecule has 0 unspecified atom stereocenters. The summed E-state index contributed by atoms with van der Waals surface area (Å²) in [5.41, 5.74) is 1.89. The minimum absolute atomic E-state index is 0.0570. The molecule has 1 saturated heterocycles. The van der Waals surface area contributed by atoms with Gasteiger partial charge in [0.05, 0.1) is 25.4 Å². The number of hydrogen-bond acceptors (Lipinski definition) is 5. The molecule has 0 radical (unpaired) electrons. The number of piperidine rings is 1. The topological polar surface area (TPSA) is 65.1 Å². The minimum Gasteiger partial charge on any atom is -0.494 e. The third-order valence-corrected chi connectivity index (χ3v) is 6.49. The fraction of sp³-hybridized carbons (Fsp3) is 0.667. The zero-order chi connectivity index (χ0) is 21.7. The first kappa shape index (κ1) is 22.4. The molecule has 1 aliphatic carbocycles. The van der Waals surface area contributed by atoms with Crippen molar-refractivity contribution in [2.45, 2.75) is 65.4 Å². The third-order valence-electron chi connectivity index (χ3n) is 6.49. The van der Waals surface area contributed by atoms with Crippen LogP contribution in [0.2, 0.25) is 0 Å². The van der Waals surface area contributed by atoms with Crippen molar-refractivity contribution < 1.29 is 23.8 Å².